The van der Waals surface area contributed by atoms with E-state index >= 15 is 0 Å². The number of hydrogen-bond acceptors (Lipinski definition) is 2. The molecule has 19 heavy (non-hydrogen) atoms. The van der Waals surface area contributed by atoms with Gasteiger partial charge in [0.25, 0.3) is 0 Å². The van der Waals surface area contributed by atoms with Crippen LogP contribution in [0.2, 0.25) is 0 Å². The maximum absolute atomic E-state index is 13.0. The molecule has 0 aromatic carbocycles. The summed E-state index contributed by atoms with van der Waals surface area (Å²) in [6.45, 7) is 0.632. The van der Waals surface area contributed by atoms with Gasteiger partial charge >= 0.3 is 6.18 Å². The average Bonchev–Trinajstić information content (AvgIpc) is 2.83. The van der Waals surface area contributed by atoms with Gasteiger partial charge in [-0.05, 0) is 37.8 Å². The Bertz CT molecular complexity index is 423. The Morgan fingerprint density at radius 2 is 2.21 bits per heavy atom. The molecule has 0 N–H and O–H groups in total. The Kier molecular flexibility index (Phi) is 4.55. The maximum Gasteiger partial charge on any atom is 0.419 e. The molecule has 2 heterocycles. The fourth-order valence-electron chi connectivity index (χ4n) is 2.57. The molecule has 0 radical (unpaired) electrons. The van der Waals surface area contributed by atoms with Crippen molar-refractivity contribution in [2.75, 3.05) is 17.3 Å². The quantitative estimate of drug-likeness (QED) is 0.777. The molecule has 1 aromatic rings. The summed E-state index contributed by atoms with van der Waals surface area (Å²) in [6, 6.07) is 2.55. The van der Waals surface area contributed by atoms with E-state index in [4.69, 9.17) is 11.6 Å². The number of alkyl halides is 4. The number of halogens is 4. The first kappa shape index (κ1) is 14.4. The second-order valence-corrected chi connectivity index (χ2v) is 5.07. The zero-order valence-corrected chi connectivity index (χ0v) is 11.2. The summed E-state index contributed by atoms with van der Waals surface area (Å²) >= 11 is 5.66. The molecule has 1 aliphatic heterocycles. The zero-order valence-electron chi connectivity index (χ0n) is 10.5. The van der Waals surface area contributed by atoms with E-state index in [-0.39, 0.29) is 11.9 Å². The molecule has 1 atom stereocenters. The molecule has 1 unspecified atom stereocenters. The van der Waals surface area contributed by atoms with E-state index < -0.39 is 11.7 Å². The highest BCUT2D eigenvalue weighted by atomic mass is 35.5. The van der Waals surface area contributed by atoms with E-state index in [1.54, 1.807) is 4.90 Å². The summed E-state index contributed by atoms with van der Waals surface area (Å²) < 4.78 is 39.0. The summed E-state index contributed by atoms with van der Waals surface area (Å²) in [6.07, 6.45) is 0.505. The van der Waals surface area contributed by atoms with Crippen LogP contribution in [0.4, 0.5) is 19.0 Å². The van der Waals surface area contributed by atoms with Crippen molar-refractivity contribution in [3.63, 3.8) is 0 Å². The summed E-state index contributed by atoms with van der Waals surface area (Å²) in [7, 11) is 0. The lowest BCUT2D eigenvalue weighted by molar-refractivity contribution is -0.137. The van der Waals surface area contributed by atoms with Crippen molar-refractivity contribution in [2.24, 2.45) is 0 Å². The van der Waals surface area contributed by atoms with Crippen LogP contribution in [-0.4, -0.2) is 23.5 Å². The summed E-state index contributed by atoms with van der Waals surface area (Å²) in [5.41, 5.74) is -0.646. The van der Waals surface area contributed by atoms with Crippen LogP contribution >= 0.6 is 11.6 Å². The fourth-order valence-corrected chi connectivity index (χ4v) is 2.73. The van der Waals surface area contributed by atoms with Gasteiger partial charge in [0.15, 0.2) is 0 Å². The lowest BCUT2D eigenvalue weighted by Gasteiger charge is -2.28. The van der Waals surface area contributed by atoms with Crippen molar-refractivity contribution in [1.82, 2.24) is 4.98 Å². The van der Waals surface area contributed by atoms with Gasteiger partial charge in [0.1, 0.15) is 5.82 Å². The van der Waals surface area contributed by atoms with Gasteiger partial charge in [0.2, 0.25) is 0 Å². The number of anilines is 1. The Morgan fingerprint density at radius 3 is 2.89 bits per heavy atom. The third-order valence-corrected chi connectivity index (χ3v) is 3.68. The molecule has 106 valence electrons. The van der Waals surface area contributed by atoms with Gasteiger partial charge in [-0.1, -0.05) is 0 Å². The Hall–Kier alpha value is -0.970. The lowest BCUT2D eigenvalue weighted by Crippen LogP contribution is -2.32. The first-order chi connectivity index (χ1) is 9.04. The molecular formula is C13H16ClF3N2. The molecule has 1 fully saturated rings. The van der Waals surface area contributed by atoms with Crippen molar-refractivity contribution in [3.05, 3.63) is 23.9 Å². The minimum absolute atomic E-state index is 0.0621. The minimum Gasteiger partial charge on any atom is -0.353 e. The van der Waals surface area contributed by atoms with Crippen LogP contribution < -0.4 is 4.90 Å². The van der Waals surface area contributed by atoms with Crippen LogP contribution in [0.1, 0.15) is 31.2 Å². The van der Waals surface area contributed by atoms with E-state index in [1.807, 2.05) is 0 Å². The molecule has 1 aliphatic rings. The highest BCUT2D eigenvalue weighted by molar-refractivity contribution is 6.17. The molecular weight excluding hydrogens is 277 g/mol. The number of pyridine rings is 1. The van der Waals surface area contributed by atoms with Gasteiger partial charge in [-0.2, -0.15) is 13.2 Å². The lowest BCUT2D eigenvalue weighted by atomic mass is 10.1. The Labute approximate surface area is 115 Å². The molecule has 6 heteroatoms. The van der Waals surface area contributed by atoms with Gasteiger partial charge in [0, 0.05) is 24.7 Å². The van der Waals surface area contributed by atoms with Gasteiger partial charge in [-0.3, -0.25) is 0 Å². The number of rotatable bonds is 4. The van der Waals surface area contributed by atoms with Crippen molar-refractivity contribution in [2.45, 2.75) is 37.9 Å². The van der Waals surface area contributed by atoms with Crippen LogP contribution in [0.5, 0.6) is 0 Å². The summed E-state index contributed by atoms with van der Waals surface area (Å²) in [4.78, 5) is 5.75. The van der Waals surface area contributed by atoms with Crippen LogP contribution in [0.15, 0.2) is 18.3 Å². The molecule has 0 spiro atoms. The van der Waals surface area contributed by atoms with Gasteiger partial charge in [0.05, 0.1) is 5.56 Å². The van der Waals surface area contributed by atoms with Gasteiger partial charge in [-0.25, -0.2) is 4.98 Å². The predicted molar refractivity (Wildman–Crippen MR) is 69.6 cm³/mol. The summed E-state index contributed by atoms with van der Waals surface area (Å²) in [5.74, 6) is 0.602. The van der Waals surface area contributed by atoms with Gasteiger partial charge in [-0.15, -0.1) is 11.6 Å². The number of hydrogen-bond donors (Lipinski definition) is 0. The smallest absolute Gasteiger partial charge is 0.353 e. The normalized spacial score (nSPS) is 20.0. The number of aromatic nitrogens is 1. The molecule has 2 rings (SSSR count). The molecule has 0 bridgehead atoms. The highest BCUT2D eigenvalue weighted by Crippen LogP contribution is 2.38. The van der Waals surface area contributed by atoms with E-state index in [9.17, 15) is 13.2 Å². The average molecular weight is 293 g/mol. The van der Waals surface area contributed by atoms with E-state index in [0.717, 1.165) is 31.7 Å². The Morgan fingerprint density at radius 1 is 1.42 bits per heavy atom. The zero-order chi connectivity index (χ0) is 13.9. The topological polar surface area (TPSA) is 16.1 Å². The molecule has 1 aromatic heterocycles. The molecule has 0 aliphatic carbocycles. The molecule has 1 saturated heterocycles. The number of nitrogens with zero attached hydrogens (tertiary/aromatic N) is 2. The van der Waals surface area contributed by atoms with Crippen molar-refractivity contribution < 1.29 is 13.2 Å². The SMILES string of the molecule is FC(F)(F)c1cccnc1N1CCCC1CCCCl. The van der Waals surface area contributed by atoms with Crippen molar-refractivity contribution in [1.29, 1.82) is 0 Å². The van der Waals surface area contributed by atoms with E-state index in [2.05, 4.69) is 4.98 Å². The first-order valence-corrected chi connectivity index (χ1v) is 6.92. The summed E-state index contributed by atoms with van der Waals surface area (Å²) in [5, 5.41) is 0. The molecule has 2 nitrogen and oxygen atoms in total. The standard InChI is InChI=1S/C13H16ClF3N2/c14-7-1-4-10-5-3-9-19(10)12-11(13(15,16)17)6-2-8-18-12/h2,6,8,10H,1,3-5,7,9H2. The largest absolute Gasteiger partial charge is 0.419 e. The first-order valence-electron chi connectivity index (χ1n) is 6.39. The highest BCUT2D eigenvalue weighted by Gasteiger charge is 2.37. The van der Waals surface area contributed by atoms with Gasteiger partial charge < -0.3 is 4.90 Å². The van der Waals surface area contributed by atoms with Crippen LogP contribution in [0, 0.1) is 0 Å². The van der Waals surface area contributed by atoms with Crippen LogP contribution in [-0.2, 0) is 6.18 Å². The molecule has 0 amide bonds. The van der Waals surface area contributed by atoms with Crippen molar-refractivity contribution in [3.8, 4) is 0 Å². The predicted octanol–water partition coefficient (Wildman–Crippen LogP) is 4.09. The fraction of sp³-hybridized carbons (Fsp3) is 0.615. The second-order valence-electron chi connectivity index (χ2n) is 4.69. The molecule has 0 saturated carbocycles. The maximum atomic E-state index is 13.0. The van der Waals surface area contributed by atoms with E-state index in [0.29, 0.717) is 12.4 Å². The minimum atomic E-state index is -4.36. The van der Waals surface area contributed by atoms with E-state index in [1.165, 1.54) is 12.3 Å². The second kappa shape index (κ2) is 5.99. The third-order valence-electron chi connectivity index (χ3n) is 3.41. The van der Waals surface area contributed by atoms with Crippen LogP contribution in [0.3, 0.4) is 0 Å². The van der Waals surface area contributed by atoms with Crippen molar-refractivity contribution >= 4 is 17.4 Å². The monoisotopic (exact) mass is 292 g/mol. The third kappa shape index (κ3) is 3.32. The van der Waals surface area contributed by atoms with Crippen LogP contribution in [0.25, 0.3) is 0 Å². The Balaban J connectivity index is 2.25.